The number of rotatable bonds is 10. The Morgan fingerprint density at radius 2 is 1.71 bits per heavy atom. The second-order valence-electron chi connectivity index (χ2n) is 6.14. The maximum absolute atomic E-state index is 5.54. The summed E-state index contributed by atoms with van der Waals surface area (Å²) in [4.78, 5) is 0. The Labute approximate surface area is 131 Å². The SMILES string of the molecule is CCCNCC(CCC)(CCC)c1ccc(C)c(OC)c1. The molecule has 1 aromatic rings. The average Bonchev–Trinajstić information content (AvgIpc) is 2.48. The van der Waals surface area contributed by atoms with E-state index in [0.29, 0.717) is 0 Å². The van der Waals surface area contributed by atoms with Crippen molar-refractivity contribution in [2.24, 2.45) is 0 Å². The van der Waals surface area contributed by atoms with Gasteiger partial charge >= 0.3 is 0 Å². The van der Waals surface area contributed by atoms with Crippen LogP contribution in [0.25, 0.3) is 0 Å². The van der Waals surface area contributed by atoms with Crippen LogP contribution in [0.2, 0.25) is 0 Å². The third-order valence-electron chi connectivity index (χ3n) is 4.37. The van der Waals surface area contributed by atoms with Gasteiger partial charge in [0.1, 0.15) is 5.75 Å². The van der Waals surface area contributed by atoms with Crippen LogP contribution in [0.15, 0.2) is 18.2 Å². The van der Waals surface area contributed by atoms with Crippen LogP contribution >= 0.6 is 0 Å². The zero-order valence-corrected chi connectivity index (χ0v) is 14.6. The summed E-state index contributed by atoms with van der Waals surface area (Å²) in [7, 11) is 1.77. The highest BCUT2D eigenvalue weighted by Crippen LogP contribution is 2.36. The van der Waals surface area contributed by atoms with Crippen molar-refractivity contribution in [3.8, 4) is 5.75 Å². The molecule has 0 saturated carbocycles. The largest absolute Gasteiger partial charge is 0.496 e. The van der Waals surface area contributed by atoms with Gasteiger partial charge in [0.2, 0.25) is 0 Å². The summed E-state index contributed by atoms with van der Waals surface area (Å²) in [5.74, 6) is 1.01. The van der Waals surface area contributed by atoms with E-state index in [1.54, 1.807) is 7.11 Å². The van der Waals surface area contributed by atoms with E-state index in [-0.39, 0.29) is 5.41 Å². The fourth-order valence-electron chi connectivity index (χ4n) is 3.30. The summed E-state index contributed by atoms with van der Waals surface area (Å²) in [5, 5.41) is 3.66. The van der Waals surface area contributed by atoms with Gasteiger partial charge in [0.15, 0.2) is 0 Å². The number of nitrogens with one attached hydrogen (secondary N) is 1. The highest BCUT2D eigenvalue weighted by molar-refractivity contribution is 5.40. The topological polar surface area (TPSA) is 21.3 Å². The molecule has 0 fully saturated rings. The molecule has 1 aromatic carbocycles. The monoisotopic (exact) mass is 291 g/mol. The van der Waals surface area contributed by atoms with Gasteiger partial charge in [-0.15, -0.1) is 0 Å². The quantitative estimate of drug-likeness (QED) is 0.623. The lowest BCUT2D eigenvalue weighted by molar-refractivity contribution is 0.333. The fourth-order valence-corrected chi connectivity index (χ4v) is 3.30. The van der Waals surface area contributed by atoms with E-state index < -0.39 is 0 Å². The molecule has 2 nitrogen and oxygen atoms in total. The summed E-state index contributed by atoms with van der Waals surface area (Å²) in [5.41, 5.74) is 2.88. The molecule has 0 amide bonds. The lowest BCUT2D eigenvalue weighted by atomic mass is 9.73. The lowest BCUT2D eigenvalue weighted by Gasteiger charge is -2.35. The minimum absolute atomic E-state index is 0.236. The Balaban J connectivity index is 3.12. The molecule has 0 radical (unpaired) electrons. The van der Waals surface area contributed by atoms with Crippen LogP contribution in [-0.4, -0.2) is 20.2 Å². The van der Waals surface area contributed by atoms with E-state index in [4.69, 9.17) is 4.74 Å². The van der Waals surface area contributed by atoms with E-state index in [9.17, 15) is 0 Å². The summed E-state index contributed by atoms with van der Waals surface area (Å²) >= 11 is 0. The summed E-state index contributed by atoms with van der Waals surface area (Å²) in [6.45, 7) is 11.1. The molecule has 0 aliphatic carbocycles. The third kappa shape index (κ3) is 4.74. The number of hydrogen-bond acceptors (Lipinski definition) is 2. The maximum atomic E-state index is 5.54. The molecule has 21 heavy (non-hydrogen) atoms. The Kier molecular flexibility index (Phi) is 7.81. The maximum Gasteiger partial charge on any atom is 0.122 e. The molecular formula is C19H33NO. The molecule has 0 aliphatic rings. The van der Waals surface area contributed by atoms with E-state index in [1.807, 2.05) is 0 Å². The van der Waals surface area contributed by atoms with Crippen LogP contribution in [0.4, 0.5) is 0 Å². The van der Waals surface area contributed by atoms with Crippen LogP contribution in [0.5, 0.6) is 5.75 Å². The second-order valence-corrected chi connectivity index (χ2v) is 6.14. The molecule has 0 saturated heterocycles. The molecule has 0 bridgehead atoms. The summed E-state index contributed by atoms with van der Waals surface area (Å²) in [6.07, 6.45) is 6.06. The molecule has 0 spiro atoms. The van der Waals surface area contributed by atoms with Crippen LogP contribution in [0.3, 0.4) is 0 Å². The van der Waals surface area contributed by atoms with Crippen molar-refractivity contribution in [2.75, 3.05) is 20.2 Å². The Bertz CT molecular complexity index is 408. The van der Waals surface area contributed by atoms with Gasteiger partial charge in [-0.1, -0.05) is 45.7 Å². The number of benzene rings is 1. The Morgan fingerprint density at radius 1 is 1.05 bits per heavy atom. The normalized spacial score (nSPS) is 11.7. The van der Waals surface area contributed by atoms with Crippen molar-refractivity contribution >= 4 is 0 Å². The zero-order valence-electron chi connectivity index (χ0n) is 14.6. The average molecular weight is 291 g/mol. The van der Waals surface area contributed by atoms with Crippen molar-refractivity contribution in [3.63, 3.8) is 0 Å². The Morgan fingerprint density at radius 3 is 2.24 bits per heavy atom. The zero-order chi connectivity index (χ0) is 15.7. The fraction of sp³-hybridized carbons (Fsp3) is 0.684. The van der Waals surface area contributed by atoms with Gasteiger partial charge in [-0.3, -0.25) is 0 Å². The van der Waals surface area contributed by atoms with Gasteiger partial charge in [-0.25, -0.2) is 0 Å². The van der Waals surface area contributed by atoms with Gasteiger partial charge in [0, 0.05) is 12.0 Å². The molecule has 0 heterocycles. The highest BCUT2D eigenvalue weighted by Gasteiger charge is 2.30. The van der Waals surface area contributed by atoms with E-state index in [0.717, 1.165) is 18.8 Å². The number of methoxy groups -OCH3 is 1. The molecule has 2 heteroatoms. The number of aryl methyl sites for hydroxylation is 1. The van der Waals surface area contributed by atoms with Crippen LogP contribution in [0.1, 0.15) is 64.0 Å². The van der Waals surface area contributed by atoms with Crippen LogP contribution in [0, 0.1) is 6.92 Å². The van der Waals surface area contributed by atoms with E-state index in [1.165, 1.54) is 43.2 Å². The number of hydrogen-bond donors (Lipinski definition) is 1. The van der Waals surface area contributed by atoms with Crippen LogP contribution < -0.4 is 10.1 Å². The minimum atomic E-state index is 0.236. The van der Waals surface area contributed by atoms with Gasteiger partial charge in [0.25, 0.3) is 0 Å². The van der Waals surface area contributed by atoms with Crippen molar-refractivity contribution < 1.29 is 4.74 Å². The molecule has 1 rings (SSSR count). The minimum Gasteiger partial charge on any atom is -0.496 e. The molecule has 0 aromatic heterocycles. The van der Waals surface area contributed by atoms with Crippen molar-refractivity contribution in [1.29, 1.82) is 0 Å². The van der Waals surface area contributed by atoms with Crippen molar-refractivity contribution in [3.05, 3.63) is 29.3 Å². The third-order valence-corrected chi connectivity index (χ3v) is 4.37. The smallest absolute Gasteiger partial charge is 0.122 e. The van der Waals surface area contributed by atoms with Crippen LogP contribution in [-0.2, 0) is 5.41 Å². The van der Waals surface area contributed by atoms with Gasteiger partial charge in [-0.2, -0.15) is 0 Å². The van der Waals surface area contributed by atoms with Gasteiger partial charge < -0.3 is 10.1 Å². The second kappa shape index (κ2) is 9.09. The molecule has 0 unspecified atom stereocenters. The van der Waals surface area contributed by atoms with E-state index in [2.05, 4.69) is 51.2 Å². The first-order chi connectivity index (χ1) is 10.1. The van der Waals surface area contributed by atoms with Crippen molar-refractivity contribution in [1.82, 2.24) is 5.32 Å². The summed E-state index contributed by atoms with van der Waals surface area (Å²) in [6, 6.07) is 6.76. The molecule has 0 aliphatic heterocycles. The first-order valence-electron chi connectivity index (χ1n) is 8.49. The molecule has 1 N–H and O–H groups in total. The standard InChI is InChI=1S/C19H33NO/c1-6-11-19(12-7-2,15-20-13-8-3)17-10-9-16(4)18(14-17)21-5/h9-10,14,20H,6-8,11-13,15H2,1-5H3. The van der Waals surface area contributed by atoms with Gasteiger partial charge in [-0.05, 0) is 49.9 Å². The first-order valence-corrected chi connectivity index (χ1v) is 8.49. The molecule has 0 atom stereocenters. The molecular weight excluding hydrogens is 258 g/mol. The lowest BCUT2D eigenvalue weighted by Crippen LogP contribution is -2.38. The summed E-state index contributed by atoms with van der Waals surface area (Å²) < 4.78 is 5.54. The highest BCUT2D eigenvalue weighted by atomic mass is 16.5. The van der Waals surface area contributed by atoms with E-state index >= 15 is 0 Å². The number of ether oxygens (including phenoxy) is 1. The molecule has 120 valence electrons. The first kappa shape index (κ1) is 18.0. The predicted octanol–water partition coefficient (Wildman–Crippen LogP) is 4.84. The van der Waals surface area contributed by atoms with Gasteiger partial charge in [0.05, 0.1) is 7.11 Å². The Hall–Kier alpha value is -1.02. The predicted molar refractivity (Wildman–Crippen MR) is 92.4 cm³/mol. The van der Waals surface area contributed by atoms with Crippen molar-refractivity contribution in [2.45, 2.75) is 65.2 Å².